The van der Waals surface area contributed by atoms with Crippen molar-refractivity contribution in [2.24, 2.45) is 0 Å². The fraction of sp³-hybridized carbons (Fsp3) is 0.571. The number of hydrogen-bond acceptors (Lipinski definition) is 3. The molecule has 3 rings (SSSR count). The van der Waals surface area contributed by atoms with Gasteiger partial charge in [-0.3, -0.25) is 0 Å². The van der Waals surface area contributed by atoms with Crippen LogP contribution in [0, 0.1) is 0 Å². The number of rotatable bonds is 2. The van der Waals surface area contributed by atoms with E-state index in [0.29, 0.717) is 5.92 Å². The van der Waals surface area contributed by atoms with Crippen molar-refractivity contribution >= 4 is 0 Å². The van der Waals surface area contributed by atoms with Gasteiger partial charge >= 0.3 is 0 Å². The summed E-state index contributed by atoms with van der Waals surface area (Å²) in [6, 6.07) is 10.6. The molecule has 1 spiro atoms. The van der Waals surface area contributed by atoms with Crippen LogP contribution in [0.25, 0.3) is 0 Å². The summed E-state index contributed by atoms with van der Waals surface area (Å²) >= 11 is 0. The van der Waals surface area contributed by atoms with Gasteiger partial charge in [0.2, 0.25) is 0 Å². The third-order valence-electron chi connectivity index (χ3n) is 4.06. The van der Waals surface area contributed by atoms with Crippen LogP contribution in [0.2, 0.25) is 0 Å². The normalized spacial score (nSPS) is 36.8. The highest BCUT2D eigenvalue weighted by atomic mass is 16.6. The number of methoxy groups -OCH3 is 1. The van der Waals surface area contributed by atoms with Crippen LogP contribution >= 0.6 is 0 Å². The van der Waals surface area contributed by atoms with Crippen LogP contribution in [-0.2, 0) is 9.47 Å². The molecular formula is C14H19NO2. The Morgan fingerprint density at radius 3 is 2.94 bits per heavy atom. The van der Waals surface area contributed by atoms with Crippen molar-refractivity contribution in [2.45, 2.75) is 24.0 Å². The zero-order chi connectivity index (χ0) is 11.7. The summed E-state index contributed by atoms with van der Waals surface area (Å²) in [6.07, 6.45) is 1.25. The Labute approximate surface area is 102 Å². The second-order valence-corrected chi connectivity index (χ2v) is 5.04. The lowest BCUT2D eigenvalue weighted by Crippen LogP contribution is -2.42. The van der Waals surface area contributed by atoms with E-state index in [4.69, 9.17) is 9.47 Å². The van der Waals surface area contributed by atoms with Crippen molar-refractivity contribution in [3.63, 3.8) is 0 Å². The molecule has 2 aliphatic rings. The highest BCUT2D eigenvalue weighted by Gasteiger charge is 2.50. The van der Waals surface area contributed by atoms with Gasteiger partial charge in [0.05, 0.1) is 12.7 Å². The topological polar surface area (TPSA) is 30.5 Å². The standard InChI is InChI=1S/C14H19NO2/c1-16-13-8-15-10-14(13)7-12(9-17-14)11-5-3-2-4-6-11/h2-6,12-13,15H,7-10H2,1H3/t12-,13+,14+/m0/s1. The molecule has 17 heavy (non-hydrogen) atoms. The second kappa shape index (κ2) is 4.41. The van der Waals surface area contributed by atoms with Gasteiger partial charge in [-0.05, 0) is 12.0 Å². The predicted molar refractivity (Wildman–Crippen MR) is 66.1 cm³/mol. The van der Waals surface area contributed by atoms with E-state index < -0.39 is 0 Å². The van der Waals surface area contributed by atoms with Crippen LogP contribution in [0.15, 0.2) is 30.3 Å². The molecule has 0 aliphatic carbocycles. The Balaban J connectivity index is 1.77. The quantitative estimate of drug-likeness (QED) is 0.840. The smallest absolute Gasteiger partial charge is 0.108 e. The van der Waals surface area contributed by atoms with Gasteiger partial charge in [0.25, 0.3) is 0 Å². The van der Waals surface area contributed by atoms with Crippen molar-refractivity contribution in [2.75, 3.05) is 26.8 Å². The fourth-order valence-electron chi connectivity index (χ4n) is 3.10. The largest absolute Gasteiger partial charge is 0.377 e. The van der Waals surface area contributed by atoms with Gasteiger partial charge in [-0.2, -0.15) is 0 Å². The molecule has 0 amide bonds. The minimum absolute atomic E-state index is 0.102. The maximum absolute atomic E-state index is 6.08. The molecule has 0 aromatic heterocycles. The van der Waals surface area contributed by atoms with Crippen molar-refractivity contribution in [1.82, 2.24) is 5.32 Å². The van der Waals surface area contributed by atoms with E-state index in [9.17, 15) is 0 Å². The molecule has 2 fully saturated rings. The molecule has 3 nitrogen and oxygen atoms in total. The van der Waals surface area contributed by atoms with Crippen molar-refractivity contribution in [3.8, 4) is 0 Å². The Morgan fingerprint density at radius 2 is 2.18 bits per heavy atom. The van der Waals surface area contributed by atoms with Gasteiger partial charge in [0, 0.05) is 26.1 Å². The third-order valence-corrected chi connectivity index (χ3v) is 4.06. The van der Waals surface area contributed by atoms with Gasteiger partial charge in [-0.25, -0.2) is 0 Å². The highest BCUT2D eigenvalue weighted by molar-refractivity contribution is 5.22. The van der Waals surface area contributed by atoms with Crippen LogP contribution in [0.5, 0.6) is 0 Å². The van der Waals surface area contributed by atoms with E-state index in [-0.39, 0.29) is 11.7 Å². The summed E-state index contributed by atoms with van der Waals surface area (Å²) in [7, 11) is 1.78. The van der Waals surface area contributed by atoms with Gasteiger partial charge in [0.15, 0.2) is 0 Å². The first-order valence-electron chi connectivity index (χ1n) is 6.26. The van der Waals surface area contributed by atoms with Crippen molar-refractivity contribution < 1.29 is 9.47 Å². The first-order chi connectivity index (χ1) is 8.34. The molecule has 2 aliphatic heterocycles. The average Bonchev–Trinajstić information content (AvgIpc) is 2.98. The van der Waals surface area contributed by atoms with Gasteiger partial charge in [0.1, 0.15) is 5.60 Å². The molecule has 0 radical (unpaired) electrons. The van der Waals surface area contributed by atoms with Gasteiger partial charge in [-0.15, -0.1) is 0 Å². The zero-order valence-corrected chi connectivity index (χ0v) is 10.2. The molecule has 1 N–H and O–H groups in total. The first-order valence-corrected chi connectivity index (χ1v) is 6.26. The summed E-state index contributed by atoms with van der Waals surface area (Å²) in [6.45, 7) is 2.62. The minimum Gasteiger partial charge on any atom is -0.377 e. The number of benzene rings is 1. The summed E-state index contributed by atoms with van der Waals surface area (Å²) in [4.78, 5) is 0. The molecule has 2 heterocycles. The molecule has 1 aromatic rings. The highest BCUT2D eigenvalue weighted by Crippen LogP contribution is 2.40. The molecule has 92 valence electrons. The lowest BCUT2D eigenvalue weighted by atomic mass is 9.87. The monoisotopic (exact) mass is 233 g/mol. The minimum atomic E-state index is -0.102. The van der Waals surface area contributed by atoms with E-state index in [1.165, 1.54) is 5.56 Å². The van der Waals surface area contributed by atoms with Gasteiger partial charge < -0.3 is 14.8 Å². The van der Waals surface area contributed by atoms with Crippen LogP contribution < -0.4 is 5.32 Å². The van der Waals surface area contributed by atoms with E-state index >= 15 is 0 Å². The maximum Gasteiger partial charge on any atom is 0.108 e. The molecular weight excluding hydrogens is 214 g/mol. The molecule has 1 aromatic carbocycles. The average molecular weight is 233 g/mol. The molecule has 2 saturated heterocycles. The lowest BCUT2D eigenvalue weighted by Gasteiger charge is -2.28. The summed E-state index contributed by atoms with van der Waals surface area (Å²) in [5.41, 5.74) is 1.28. The molecule has 0 bridgehead atoms. The van der Waals surface area contributed by atoms with Crippen molar-refractivity contribution in [3.05, 3.63) is 35.9 Å². The van der Waals surface area contributed by atoms with Crippen LogP contribution in [0.4, 0.5) is 0 Å². The molecule has 0 saturated carbocycles. The fourth-order valence-corrected chi connectivity index (χ4v) is 3.10. The SMILES string of the molecule is CO[C@@H]1CNC[C@]12C[C@H](c1ccccc1)CO2. The molecule has 0 unspecified atom stereocenters. The number of ether oxygens (including phenoxy) is 2. The van der Waals surface area contributed by atoms with E-state index in [0.717, 1.165) is 26.1 Å². The Hall–Kier alpha value is -0.900. The first kappa shape index (κ1) is 11.2. The zero-order valence-electron chi connectivity index (χ0n) is 10.2. The van der Waals surface area contributed by atoms with E-state index in [1.54, 1.807) is 7.11 Å². The molecule has 3 heteroatoms. The number of nitrogens with one attached hydrogen (secondary N) is 1. The summed E-state index contributed by atoms with van der Waals surface area (Å²) in [5, 5.41) is 3.38. The van der Waals surface area contributed by atoms with Crippen LogP contribution in [-0.4, -0.2) is 38.5 Å². The van der Waals surface area contributed by atoms with Crippen molar-refractivity contribution in [1.29, 1.82) is 0 Å². The Kier molecular flexibility index (Phi) is 2.90. The third kappa shape index (κ3) is 1.88. The predicted octanol–water partition coefficient (Wildman–Crippen LogP) is 1.55. The van der Waals surface area contributed by atoms with E-state index in [2.05, 4.69) is 35.6 Å². The molecule has 3 atom stereocenters. The van der Waals surface area contributed by atoms with Crippen LogP contribution in [0.1, 0.15) is 17.9 Å². The Bertz CT molecular complexity index is 381. The summed E-state index contributed by atoms with van der Waals surface area (Å²) in [5.74, 6) is 0.508. The van der Waals surface area contributed by atoms with Crippen LogP contribution in [0.3, 0.4) is 0 Å². The maximum atomic E-state index is 6.08. The van der Waals surface area contributed by atoms with E-state index in [1.807, 2.05) is 0 Å². The second-order valence-electron chi connectivity index (χ2n) is 5.04. The van der Waals surface area contributed by atoms with Gasteiger partial charge in [-0.1, -0.05) is 30.3 Å². The Morgan fingerprint density at radius 1 is 1.35 bits per heavy atom. The summed E-state index contributed by atoms with van der Waals surface area (Å²) < 4.78 is 11.6. The number of hydrogen-bond donors (Lipinski definition) is 1. The lowest BCUT2D eigenvalue weighted by molar-refractivity contribution is -0.0750.